The van der Waals surface area contributed by atoms with E-state index in [1.807, 2.05) is 0 Å². The van der Waals surface area contributed by atoms with E-state index in [-0.39, 0.29) is 5.91 Å². The van der Waals surface area contributed by atoms with Crippen molar-refractivity contribution in [1.82, 2.24) is 10.2 Å². The van der Waals surface area contributed by atoms with Gasteiger partial charge in [-0.3, -0.25) is 4.79 Å². The lowest BCUT2D eigenvalue weighted by atomic mass is 9.96. The van der Waals surface area contributed by atoms with Crippen LogP contribution >= 0.6 is 0 Å². The number of likely N-dealkylation sites (tertiary alicyclic amines) is 1. The zero-order valence-corrected chi connectivity index (χ0v) is 11.2. The van der Waals surface area contributed by atoms with Gasteiger partial charge in [0, 0.05) is 19.0 Å². The molecule has 1 rings (SSSR count). The Bertz CT molecular complexity index is 233. The van der Waals surface area contributed by atoms with Gasteiger partial charge in [-0.15, -0.1) is 0 Å². The number of nitrogens with two attached hydrogens (primary N) is 1. The molecular weight excluding hydrogens is 214 g/mol. The first kappa shape index (κ1) is 14.5. The first-order valence-electron chi connectivity index (χ1n) is 6.83. The zero-order chi connectivity index (χ0) is 12.7. The summed E-state index contributed by atoms with van der Waals surface area (Å²) in [6, 6.07) is 0.363. The molecule has 1 aliphatic heterocycles. The van der Waals surface area contributed by atoms with Crippen molar-refractivity contribution in [3.63, 3.8) is 0 Å². The van der Waals surface area contributed by atoms with Gasteiger partial charge in [0.25, 0.3) is 0 Å². The molecular formula is C13H27N3O. The van der Waals surface area contributed by atoms with Crippen LogP contribution in [0.3, 0.4) is 0 Å². The molecule has 1 saturated heterocycles. The lowest BCUT2D eigenvalue weighted by Gasteiger charge is -2.15. The quantitative estimate of drug-likeness (QED) is 0.698. The topological polar surface area (TPSA) is 58.4 Å². The van der Waals surface area contributed by atoms with Crippen molar-refractivity contribution in [2.24, 2.45) is 11.7 Å². The number of carbonyl (C=O) groups is 1. The Morgan fingerprint density at radius 3 is 2.82 bits per heavy atom. The van der Waals surface area contributed by atoms with Crippen LogP contribution in [0.15, 0.2) is 0 Å². The second-order valence-corrected chi connectivity index (χ2v) is 5.21. The molecule has 0 aromatic rings. The van der Waals surface area contributed by atoms with E-state index >= 15 is 0 Å². The minimum atomic E-state index is 0.209. The van der Waals surface area contributed by atoms with E-state index in [4.69, 9.17) is 5.73 Å². The van der Waals surface area contributed by atoms with Crippen LogP contribution in [0.25, 0.3) is 0 Å². The van der Waals surface area contributed by atoms with E-state index in [1.165, 1.54) is 0 Å². The molecule has 1 aliphatic rings. The summed E-state index contributed by atoms with van der Waals surface area (Å²) in [5, 5.41) is 3.12. The third-order valence-electron chi connectivity index (χ3n) is 3.69. The molecule has 0 radical (unpaired) electrons. The molecule has 0 spiro atoms. The minimum absolute atomic E-state index is 0.209. The number of rotatable bonds is 7. The summed E-state index contributed by atoms with van der Waals surface area (Å²) >= 11 is 0. The Hall–Kier alpha value is -0.610. The van der Waals surface area contributed by atoms with Gasteiger partial charge in [-0.1, -0.05) is 13.3 Å². The van der Waals surface area contributed by atoms with Crippen molar-refractivity contribution in [3.8, 4) is 0 Å². The van der Waals surface area contributed by atoms with Crippen molar-refractivity contribution < 1.29 is 4.79 Å². The van der Waals surface area contributed by atoms with Gasteiger partial charge in [-0.2, -0.15) is 0 Å². The van der Waals surface area contributed by atoms with Crippen LogP contribution in [0.1, 0.15) is 39.0 Å². The maximum absolute atomic E-state index is 11.8. The Morgan fingerprint density at radius 1 is 1.53 bits per heavy atom. The maximum Gasteiger partial charge on any atom is 0.220 e. The highest BCUT2D eigenvalue weighted by Gasteiger charge is 2.21. The summed E-state index contributed by atoms with van der Waals surface area (Å²) in [5.41, 5.74) is 5.55. The number of likely N-dealkylation sites (N-methyl/N-ethyl adjacent to an activating group) is 1. The Labute approximate surface area is 105 Å². The van der Waals surface area contributed by atoms with Gasteiger partial charge in [0.15, 0.2) is 0 Å². The van der Waals surface area contributed by atoms with Crippen LogP contribution in [-0.2, 0) is 4.79 Å². The number of carbonyl (C=O) groups excluding carboxylic acids is 1. The summed E-state index contributed by atoms with van der Waals surface area (Å²) in [6.45, 7) is 4.99. The monoisotopic (exact) mass is 241 g/mol. The molecule has 1 fully saturated rings. The second-order valence-electron chi connectivity index (χ2n) is 5.21. The second kappa shape index (κ2) is 7.67. The highest BCUT2D eigenvalue weighted by atomic mass is 16.1. The van der Waals surface area contributed by atoms with Gasteiger partial charge in [0.1, 0.15) is 0 Å². The summed E-state index contributed by atoms with van der Waals surface area (Å²) < 4.78 is 0. The fraction of sp³-hybridized carbons (Fsp3) is 0.923. The van der Waals surface area contributed by atoms with Gasteiger partial charge < -0.3 is 16.0 Å². The molecule has 2 atom stereocenters. The standard InChI is InChI=1S/C13H27N3O/c1-3-11(6-8-14)4-5-13(17)15-12-7-9-16(2)10-12/h11-12H,3-10,14H2,1-2H3,(H,15,17). The molecule has 0 aliphatic carbocycles. The SMILES string of the molecule is CCC(CCN)CCC(=O)NC1CCN(C)C1. The molecule has 1 heterocycles. The third kappa shape index (κ3) is 5.50. The number of amides is 1. The Balaban J connectivity index is 2.16. The van der Waals surface area contributed by atoms with Crippen molar-refractivity contribution in [2.45, 2.75) is 45.1 Å². The average Bonchev–Trinajstić information content (AvgIpc) is 2.70. The van der Waals surface area contributed by atoms with Crippen molar-refractivity contribution in [1.29, 1.82) is 0 Å². The summed E-state index contributed by atoms with van der Waals surface area (Å²) in [4.78, 5) is 14.0. The normalized spacial score (nSPS) is 22.6. The highest BCUT2D eigenvalue weighted by Crippen LogP contribution is 2.14. The van der Waals surface area contributed by atoms with Crippen LogP contribution in [0.2, 0.25) is 0 Å². The molecule has 0 saturated carbocycles. The first-order chi connectivity index (χ1) is 8.15. The third-order valence-corrected chi connectivity index (χ3v) is 3.69. The highest BCUT2D eigenvalue weighted by molar-refractivity contribution is 5.76. The van der Waals surface area contributed by atoms with Gasteiger partial charge >= 0.3 is 0 Å². The molecule has 100 valence electrons. The lowest BCUT2D eigenvalue weighted by Crippen LogP contribution is -2.36. The number of hydrogen-bond acceptors (Lipinski definition) is 3. The van der Waals surface area contributed by atoms with E-state index in [0.717, 1.165) is 45.3 Å². The molecule has 1 amide bonds. The van der Waals surface area contributed by atoms with E-state index < -0.39 is 0 Å². The predicted octanol–water partition coefficient (Wildman–Crippen LogP) is 0.962. The van der Waals surface area contributed by atoms with Gasteiger partial charge in [0.05, 0.1) is 0 Å². The molecule has 0 aromatic heterocycles. The van der Waals surface area contributed by atoms with Crippen molar-refractivity contribution in [3.05, 3.63) is 0 Å². The molecule has 2 unspecified atom stereocenters. The van der Waals surface area contributed by atoms with Crippen LogP contribution in [0, 0.1) is 5.92 Å². The van der Waals surface area contributed by atoms with Gasteiger partial charge in [-0.25, -0.2) is 0 Å². The van der Waals surface area contributed by atoms with Crippen LogP contribution in [0.4, 0.5) is 0 Å². The molecule has 3 N–H and O–H groups in total. The van der Waals surface area contributed by atoms with Crippen molar-refractivity contribution in [2.75, 3.05) is 26.7 Å². The molecule has 17 heavy (non-hydrogen) atoms. The first-order valence-corrected chi connectivity index (χ1v) is 6.83. The smallest absolute Gasteiger partial charge is 0.220 e. The number of nitrogens with one attached hydrogen (secondary N) is 1. The van der Waals surface area contributed by atoms with Crippen LogP contribution in [-0.4, -0.2) is 43.5 Å². The fourth-order valence-corrected chi connectivity index (χ4v) is 2.48. The maximum atomic E-state index is 11.8. The fourth-order valence-electron chi connectivity index (χ4n) is 2.48. The largest absolute Gasteiger partial charge is 0.352 e. The van der Waals surface area contributed by atoms with Gasteiger partial charge in [0.2, 0.25) is 5.91 Å². The van der Waals surface area contributed by atoms with Crippen LogP contribution < -0.4 is 11.1 Å². The summed E-state index contributed by atoms with van der Waals surface area (Å²) in [5.74, 6) is 0.817. The minimum Gasteiger partial charge on any atom is -0.352 e. The summed E-state index contributed by atoms with van der Waals surface area (Å²) in [7, 11) is 2.10. The Kier molecular flexibility index (Phi) is 6.52. The Morgan fingerprint density at radius 2 is 2.29 bits per heavy atom. The van der Waals surface area contributed by atoms with E-state index in [2.05, 4.69) is 24.2 Å². The average molecular weight is 241 g/mol. The molecule has 4 nitrogen and oxygen atoms in total. The van der Waals surface area contributed by atoms with E-state index in [9.17, 15) is 4.79 Å². The lowest BCUT2D eigenvalue weighted by molar-refractivity contribution is -0.122. The molecule has 0 bridgehead atoms. The van der Waals surface area contributed by atoms with E-state index in [0.29, 0.717) is 18.4 Å². The zero-order valence-electron chi connectivity index (χ0n) is 11.2. The number of nitrogens with zero attached hydrogens (tertiary/aromatic N) is 1. The van der Waals surface area contributed by atoms with Gasteiger partial charge in [-0.05, 0) is 45.3 Å². The number of hydrogen-bond donors (Lipinski definition) is 2. The summed E-state index contributed by atoms with van der Waals surface area (Å²) in [6.07, 6.45) is 4.87. The van der Waals surface area contributed by atoms with Crippen LogP contribution in [0.5, 0.6) is 0 Å². The molecule has 4 heteroatoms. The predicted molar refractivity (Wildman–Crippen MR) is 70.7 cm³/mol. The van der Waals surface area contributed by atoms with E-state index in [1.54, 1.807) is 0 Å². The van der Waals surface area contributed by atoms with Crippen molar-refractivity contribution >= 4 is 5.91 Å². The molecule has 0 aromatic carbocycles.